The molecule has 1 aromatic rings. The van der Waals surface area contributed by atoms with Gasteiger partial charge in [0.25, 0.3) is 0 Å². The summed E-state index contributed by atoms with van der Waals surface area (Å²) in [6.45, 7) is 9.78. The van der Waals surface area contributed by atoms with Gasteiger partial charge < -0.3 is 20.3 Å². The predicted molar refractivity (Wildman–Crippen MR) is 129 cm³/mol. The number of hydrogen-bond acceptors (Lipinski definition) is 5. The third-order valence-corrected chi connectivity index (χ3v) is 4.94. The lowest BCUT2D eigenvalue weighted by atomic mass is 10.0. The molecular formula is C24H35N3O4S. The van der Waals surface area contributed by atoms with Crippen LogP contribution in [0.1, 0.15) is 64.6 Å². The van der Waals surface area contributed by atoms with Crippen molar-refractivity contribution in [3.8, 4) is 12.3 Å². The van der Waals surface area contributed by atoms with E-state index in [2.05, 4.69) is 29.2 Å². The number of rotatable bonds is 10. The van der Waals surface area contributed by atoms with Crippen LogP contribution in [0.25, 0.3) is 0 Å². The Morgan fingerprint density at radius 3 is 2.28 bits per heavy atom. The van der Waals surface area contributed by atoms with E-state index in [9.17, 15) is 14.4 Å². The normalized spacial score (nSPS) is 12.8. The molecule has 8 heteroatoms. The van der Waals surface area contributed by atoms with Crippen molar-refractivity contribution in [2.45, 2.75) is 65.1 Å². The van der Waals surface area contributed by atoms with Crippen molar-refractivity contribution >= 4 is 30.5 Å². The fourth-order valence-electron chi connectivity index (χ4n) is 3.02. The number of nitrogens with zero attached hydrogens (tertiary/aromatic N) is 1. The summed E-state index contributed by atoms with van der Waals surface area (Å²) in [5.74, 6) is 1.88. The van der Waals surface area contributed by atoms with Gasteiger partial charge in [-0.15, -0.1) is 6.42 Å². The summed E-state index contributed by atoms with van der Waals surface area (Å²) in [4.78, 5) is 40.2. The van der Waals surface area contributed by atoms with Gasteiger partial charge in [0.2, 0.25) is 11.8 Å². The number of ether oxygens (including phenoxy) is 1. The van der Waals surface area contributed by atoms with E-state index in [4.69, 9.17) is 11.2 Å². The lowest BCUT2D eigenvalue weighted by Crippen LogP contribution is -2.53. The molecule has 32 heavy (non-hydrogen) atoms. The second kappa shape index (κ2) is 13.0. The smallest absolute Gasteiger partial charge is 0.408 e. The average molecular weight is 462 g/mol. The van der Waals surface area contributed by atoms with Crippen LogP contribution in [0.3, 0.4) is 0 Å². The molecule has 1 aromatic carbocycles. The van der Waals surface area contributed by atoms with Gasteiger partial charge in [-0.3, -0.25) is 9.59 Å². The summed E-state index contributed by atoms with van der Waals surface area (Å²) in [5.41, 5.74) is 0.593. The summed E-state index contributed by atoms with van der Waals surface area (Å²) in [6.07, 6.45) is 6.48. The monoisotopic (exact) mass is 461 g/mol. The maximum Gasteiger partial charge on any atom is 0.408 e. The van der Waals surface area contributed by atoms with Crippen LogP contribution in [0.4, 0.5) is 4.79 Å². The van der Waals surface area contributed by atoms with Gasteiger partial charge in [0, 0.05) is 24.4 Å². The number of likely N-dealkylation sites (N-methyl/N-ethyl adjacent to an activating group) is 1. The van der Waals surface area contributed by atoms with E-state index in [0.717, 1.165) is 12.8 Å². The van der Waals surface area contributed by atoms with Gasteiger partial charge in [-0.05, 0) is 51.8 Å². The molecule has 0 bridgehead atoms. The Bertz CT molecular complexity index is 812. The number of unbranched alkanes of at least 4 members (excludes halogenated alkanes) is 1. The summed E-state index contributed by atoms with van der Waals surface area (Å²) in [7, 11) is 0. The highest BCUT2D eigenvalue weighted by molar-refractivity contribution is 7.80. The van der Waals surface area contributed by atoms with Crippen LogP contribution in [0.15, 0.2) is 24.3 Å². The van der Waals surface area contributed by atoms with Crippen molar-refractivity contribution in [1.82, 2.24) is 15.5 Å². The summed E-state index contributed by atoms with van der Waals surface area (Å²) >= 11 is 4.24. The maximum atomic E-state index is 13.4. The minimum atomic E-state index is -0.955. The first-order valence-corrected chi connectivity index (χ1v) is 11.5. The summed E-state index contributed by atoms with van der Waals surface area (Å²) in [6, 6.07) is 5.12. The Kier molecular flexibility index (Phi) is 11.1. The third kappa shape index (κ3) is 8.46. The Balaban J connectivity index is 3.21. The van der Waals surface area contributed by atoms with E-state index in [1.54, 1.807) is 52.0 Å². The largest absolute Gasteiger partial charge is 0.444 e. The van der Waals surface area contributed by atoms with Gasteiger partial charge in [0.1, 0.15) is 17.7 Å². The Morgan fingerprint density at radius 1 is 1.19 bits per heavy atom. The molecule has 2 N–H and O–H groups in total. The zero-order chi connectivity index (χ0) is 24.3. The molecule has 7 nitrogen and oxygen atoms in total. The van der Waals surface area contributed by atoms with Crippen LogP contribution in [-0.4, -0.2) is 53.3 Å². The molecule has 2 unspecified atom stereocenters. The van der Waals surface area contributed by atoms with Crippen molar-refractivity contribution in [3.63, 3.8) is 0 Å². The number of thiol groups is 1. The van der Waals surface area contributed by atoms with Crippen molar-refractivity contribution in [2.75, 3.05) is 18.8 Å². The molecule has 0 aliphatic carbocycles. The molecule has 2 atom stereocenters. The van der Waals surface area contributed by atoms with Crippen LogP contribution in [0.2, 0.25) is 0 Å². The van der Waals surface area contributed by atoms with Gasteiger partial charge in [-0.1, -0.05) is 31.4 Å². The number of amides is 3. The van der Waals surface area contributed by atoms with Crippen molar-refractivity contribution in [3.05, 3.63) is 35.4 Å². The number of carbonyl (C=O) groups is 3. The zero-order valence-corrected chi connectivity index (χ0v) is 20.5. The highest BCUT2D eigenvalue weighted by Gasteiger charge is 2.34. The molecule has 176 valence electrons. The Hall–Kier alpha value is -2.66. The second-order valence-electron chi connectivity index (χ2n) is 8.32. The molecule has 0 aromatic heterocycles. The van der Waals surface area contributed by atoms with Gasteiger partial charge in [0.05, 0.1) is 0 Å². The summed E-state index contributed by atoms with van der Waals surface area (Å²) in [5, 5.41) is 5.47. The molecule has 1 rings (SSSR count). The number of carbonyl (C=O) groups excluding carboxylic acids is 3. The topological polar surface area (TPSA) is 87.7 Å². The molecule has 0 heterocycles. The van der Waals surface area contributed by atoms with Crippen molar-refractivity contribution in [2.24, 2.45) is 0 Å². The molecule has 3 amide bonds. The van der Waals surface area contributed by atoms with Crippen LogP contribution < -0.4 is 10.6 Å². The van der Waals surface area contributed by atoms with Crippen molar-refractivity contribution < 1.29 is 19.1 Å². The molecule has 0 radical (unpaired) electrons. The fourth-order valence-corrected chi connectivity index (χ4v) is 3.27. The maximum absolute atomic E-state index is 13.4. The number of terminal acetylenes is 1. The molecule has 0 spiro atoms. The first-order valence-electron chi connectivity index (χ1n) is 10.8. The molecule has 0 saturated carbocycles. The van der Waals surface area contributed by atoms with Gasteiger partial charge in [-0.2, -0.15) is 12.6 Å². The van der Waals surface area contributed by atoms with Gasteiger partial charge in [-0.25, -0.2) is 4.79 Å². The lowest BCUT2D eigenvalue weighted by molar-refractivity contribution is -0.141. The second-order valence-corrected chi connectivity index (χ2v) is 8.68. The highest BCUT2D eigenvalue weighted by atomic mass is 32.1. The van der Waals surface area contributed by atoms with Crippen LogP contribution in [-0.2, 0) is 14.3 Å². The third-order valence-electron chi connectivity index (χ3n) is 4.58. The number of alkyl carbamates (subject to hydrolysis) is 1. The SMILES string of the molecule is C#Cc1ccc(C(C(=O)NCCCC)N(CC)C(=O)C(CS)NC(=O)OC(C)(C)C)cc1. The van der Waals surface area contributed by atoms with Crippen LogP contribution in [0, 0.1) is 12.3 Å². The van der Waals surface area contributed by atoms with Crippen molar-refractivity contribution in [1.29, 1.82) is 0 Å². The summed E-state index contributed by atoms with van der Waals surface area (Å²) < 4.78 is 5.26. The van der Waals surface area contributed by atoms with Gasteiger partial charge >= 0.3 is 6.09 Å². The highest BCUT2D eigenvalue weighted by Crippen LogP contribution is 2.23. The van der Waals surface area contributed by atoms with Gasteiger partial charge in [0.15, 0.2) is 0 Å². The number of hydrogen-bond donors (Lipinski definition) is 3. The average Bonchev–Trinajstić information content (AvgIpc) is 2.74. The van der Waals surface area contributed by atoms with Crippen LogP contribution >= 0.6 is 12.6 Å². The Morgan fingerprint density at radius 2 is 1.81 bits per heavy atom. The van der Waals surface area contributed by atoms with E-state index in [0.29, 0.717) is 17.7 Å². The Labute approximate surface area is 197 Å². The number of nitrogens with one attached hydrogen (secondary N) is 2. The van der Waals surface area contributed by atoms with Crippen LogP contribution in [0.5, 0.6) is 0 Å². The zero-order valence-electron chi connectivity index (χ0n) is 19.6. The standard InChI is InChI=1S/C24H35N3O4S/c1-7-10-15-25-21(28)20(18-13-11-17(8-2)12-14-18)27(9-3)22(29)19(16-32)26-23(30)31-24(4,5)6/h2,11-14,19-20,32H,7,9-10,15-16H2,1,3-6H3,(H,25,28)(H,26,30). The molecule has 0 aliphatic heterocycles. The van der Waals surface area contributed by atoms with E-state index in [-0.39, 0.29) is 18.2 Å². The fraction of sp³-hybridized carbons (Fsp3) is 0.542. The first-order chi connectivity index (χ1) is 15.1. The van der Waals surface area contributed by atoms with E-state index >= 15 is 0 Å². The lowest BCUT2D eigenvalue weighted by Gasteiger charge is -2.33. The van der Waals surface area contributed by atoms with E-state index in [1.165, 1.54) is 4.90 Å². The molecular weight excluding hydrogens is 426 g/mol. The van der Waals surface area contributed by atoms with E-state index in [1.807, 2.05) is 6.92 Å². The predicted octanol–water partition coefficient (Wildman–Crippen LogP) is 3.30. The first kappa shape index (κ1) is 27.4. The molecule has 0 saturated heterocycles. The molecule has 0 fully saturated rings. The molecule has 0 aliphatic rings. The minimum Gasteiger partial charge on any atom is -0.444 e. The number of benzene rings is 1. The minimum absolute atomic E-state index is 0.0504. The van der Waals surface area contributed by atoms with E-state index < -0.39 is 29.7 Å². The quantitative estimate of drug-likeness (QED) is 0.283.